The number of amides is 1. The van der Waals surface area contributed by atoms with E-state index in [-0.39, 0.29) is 5.91 Å². The first-order valence-electron chi connectivity index (χ1n) is 8.62. The Hall–Kier alpha value is -2.33. The average molecular weight is 323 g/mol. The first-order valence-corrected chi connectivity index (χ1v) is 8.62. The molecular weight excluding hydrogens is 298 g/mol. The Morgan fingerprint density at radius 3 is 2.12 bits per heavy atom. The van der Waals surface area contributed by atoms with Crippen molar-refractivity contribution in [1.29, 1.82) is 0 Å². The maximum atomic E-state index is 11.9. The molecule has 0 bridgehead atoms. The van der Waals surface area contributed by atoms with Crippen LogP contribution in [-0.4, -0.2) is 43.5 Å². The zero-order valence-corrected chi connectivity index (χ0v) is 14.0. The Morgan fingerprint density at radius 2 is 1.50 bits per heavy atom. The summed E-state index contributed by atoms with van der Waals surface area (Å²) in [6.45, 7) is 3.76. The van der Waals surface area contributed by atoms with Crippen molar-refractivity contribution in [3.63, 3.8) is 0 Å². The van der Waals surface area contributed by atoms with Crippen LogP contribution in [0.25, 0.3) is 0 Å². The van der Waals surface area contributed by atoms with Gasteiger partial charge in [-0.25, -0.2) is 0 Å². The highest BCUT2D eigenvalue weighted by molar-refractivity contribution is 5.76. The van der Waals surface area contributed by atoms with Crippen molar-refractivity contribution in [1.82, 2.24) is 4.90 Å². The van der Waals surface area contributed by atoms with E-state index >= 15 is 0 Å². The van der Waals surface area contributed by atoms with E-state index in [2.05, 4.69) is 53.4 Å². The van der Waals surface area contributed by atoms with Crippen molar-refractivity contribution in [2.45, 2.75) is 12.8 Å². The van der Waals surface area contributed by atoms with Gasteiger partial charge in [0, 0.05) is 44.8 Å². The van der Waals surface area contributed by atoms with Gasteiger partial charge in [0.2, 0.25) is 5.91 Å². The molecule has 0 radical (unpaired) electrons. The molecule has 4 heteroatoms. The summed E-state index contributed by atoms with van der Waals surface area (Å²) in [6, 6.07) is 19.3. The van der Waals surface area contributed by atoms with Crippen molar-refractivity contribution in [2.24, 2.45) is 5.73 Å². The smallest absolute Gasteiger partial charge is 0.223 e. The third-order valence-corrected chi connectivity index (χ3v) is 4.54. The number of piperazine rings is 1. The molecule has 0 spiro atoms. The Labute approximate surface area is 143 Å². The molecule has 1 fully saturated rings. The second kappa shape index (κ2) is 7.97. The minimum absolute atomic E-state index is 0.176. The molecule has 4 nitrogen and oxygen atoms in total. The van der Waals surface area contributed by atoms with Gasteiger partial charge in [0.1, 0.15) is 0 Å². The summed E-state index contributed by atoms with van der Waals surface area (Å²) in [5.41, 5.74) is 9.35. The zero-order chi connectivity index (χ0) is 16.8. The molecule has 0 saturated carbocycles. The van der Waals surface area contributed by atoms with Gasteiger partial charge in [0.15, 0.2) is 0 Å². The maximum absolute atomic E-state index is 11.9. The molecule has 1 aliphatic rings. The molecule has 3 rings (SSSR count). The predicted molar refractivity (Wildman–Crippen MR) is 98.2 cm³/mol. The quantitative estimate of drug-likeness (QED) is 0.918. The fourth-order valence-electron chi connectivity index (χ4n) is 3.15. The van der Waals surface area contributed by atoms with Gasteiger partial charge < -0.3 is 15.5 Å². The maximum Gasteiger partial charge on any atom is 0.223 e. The summed E-state index contributed by atoms with van der Waals surface area (Å²) in [5, 5.41) is 0. The molecule has 24 heavy (non-hydrogen) atoms. The molecule has 0 unspecified atom stereocenters. The highest BCUT2D eigenvalue weighted by Crippen LogP contribution is 2.19. The minimum Gasteiger partial charge on any atom is -0.368 e. The molecule has 0 atom stereocenters. The van der Waals surface area contributed by atoms with E-state index in [1.165, 1.54) is 16.8 Å². The first kappa shape index (κ1) is 16.5. The van der Waals surface area contributed by atoms with E-state index in [1.807, 2.05) is 11.0 Å². The number of carbonyl (C=O) groups is 1. The lowest BCUT2D eigenvalue weighted by molar-refractivity contribution is -0.131. The number of hydrogen-bond donors (Lipinski definition) is 1. The van der Waals surface area contributed by atoms with Crippen LogP contribution in [0, 0.1) is 0 Å². The standard InChI is InChI=1S/C20H25N3O/c21-11-10-20(24)23-14-12-22(13-15-23)19-8-6-18(7-9-19)16-17-4-2-1-3-5-17/h1-9H,10-16,21H2. The van der Waals surface area contributed by atoms with E-state index in [0.717, 1.165) is 32.6 Å². The van der Waals surface area contributed by atoms with E-state index in [4.69, 9.17) is 5.73 Å². The summed E-state index contributed by atoms with van der Waals surface area (Å²) >= 11 is 0. The van der Waals surface area contributed by atoms with Gasteiger partial charge in [-0.3, -0.25) is 4.79 Å². The number of carbonyl (C=O) groups excluding carboxylic acids is 1. The van der Waals surface area contributed by atoms with Crippen LogP contribution < -0.4 is 10.6 Å². The largest absolute Gasteiger partial charge is 0.368 e. The summed E-state index contributed by atoms with van der Waals surface area (Å²) in [6.07, 6.45) is 1.41. The van der Waals surface area contributed by atoms with Gasteiger partial charge in [-0.15, -0.1) is 0 Å². The van der Waals surface area contributed by atoms with Crippen LogP contribution in [-0.2, 0) is 11.2 Å². The monoisotopic (exact) mass is 323 g/mol. The summed E-state index contributed by atoms with van der Waals surface area (Å²) < 4.78 is 0. The third-order valence-electron chi connectivity index (χ3n) is 4.54. The van der Waals surface area contributed by atoms with Gasteiger partial charge in [0.05, 0.1) is 0 Å². The predicted octanol–water partition coefficient (Wildman–Crippen LogP) is 2.27. The van der Waals surface area contributed by atoms with Crippen LogP contribution in [0.15, 0.2) is 54.6 Å². The van der Waals surface area contributed by atoms with Crippen molar-refractivity contribution >= 4 is 11.6 Å². The Balaban J connectivity index is 1.56. The van der Waals surface area contributed by atoms with Crippen molar-refractivity contribution < 1.29 is 4.79 Å². The number of nitrogens with zero attached hydrogens (tertiary/aromatic N) is 2. The van der Waals surface area contributed by atoms with E-state index in [1.54, 1.807) is 0 Å². The summed E-state index contributed by atoms with van der Waals surface area (Å²) in [4.78, 5) is 16.2. The van der Waals surface area contributed by atoms with Crippen LogP contribution >= 0.6 is 0 Å². The lowest BCUT2D eigenvalue weighted by Crippen LogP contribution is -2.49. The number of nitrogens with two attached hydrogens (primary N) is 1. The van der Waals surface area contributed by atoms with Gasteiger partial charge in [-0.1, -0.05) is 42.5 Å². The Kier molecular flexibility index (Phi) is 5.49. The molecule has 0 aromatic heterocycles. The Morgan fingerprint density at radius 1 is 0.875 bits per heavy atom. The second-order valence-corrected chi connectivity index (χ2v) is 6.24. The first-order chi connectivity index (χ1) is 11.8. The lowest BCUT2D eigenvalue weighted by Gasteiger charge is -2.36. The van der Waals surface area contributed by atoms with Crippen LogP contribution in [0.2, 0.25) is 0 Å². The van der Waals surface area contributed by atoms with Crippen molar-refractivity contribution in [3.05, 3.63) is 65.7 Å². The highest BCUT2D eigenvalue weighted by atomic mass is 16.2. The number of anilines is 1. The fourth-order valence-corrected chi connectivity index (χ4v) is 3.15. The van der Waals surface area contributed by atoms with Crippen molar-refractivity contribution in [3.8, 4) is 0 Å². The summed E-state index contributed by atoms with van der Waals surface area (Å²) in [7, 11) is 0. The Bertz CT molecular complexity index is 646. The van der Waals surface area contributed by atoms with Gasteiger partial charge >= 0.3 is 0 Å². The minimum atomic E-state index is 0.176. The fraction of sp³-hybridized carbons (Fsp3) is 0.350. The molecule has 126 valence electrons. The van der Waals surface area contributed by atoms with Crippen LogP contribution in [0.5, 0.6) is 0 Å². The molecule has 1 aliphatic heterocycles. The van der Waals surface area contributed by atoms with E-state index < -0.39 is 0 Å². The van der Waals surface area contributed by atoms with Crippen LogP contribution in [0.1, 0.15) is 17.5 Å². The van der Waals surface area contributed by atoms with Crippen LogP contribution in [0.3, 0.4) is 0 Å². The van der Waals surface area contributed by atoms with E-state index in [0.29, 0.717) is 13.0 Å². The SMILES string of the molecule is NCCC(=O)N1CCN(c2ccc(Cc3ccccc3)cc2)CC1. The third kappa shape index (κ3) is 4.15. The normalized spacial score (nSPS) is 14.7. The number of benzene rings is 2. The van der Waals surface area contributed by atoms with Crippen LogP contribution in [0.4, 0.5) is 5.69 Å². The molecule has 2 aromatic carbocycles. The second-order valence-electron chi connectivity index (χ2n) is 6.24. The number of hydrogen-bond acceptors (Lipinski definition) is 3. The topological polar surface area (TPSA) is 49.6 Å². The molecule has 1 saturated heterocycles. The number of rotatable bonds is 5. The molecule has 2 aromatic rings. The van der Waals surface area contributed by atoms with Gasteiger partial charge in [-0.2, -0.15) is 0 Å². The molecule has 0 aliphatic carbocycles. The van der Waals surface area contributed by atoms with Gasteiger partial charge in [0.25, 0.3) is 0 Å². The highest BCUT2D eigenvalue weighted by Gasteiger charge is 2.20. The van der Waals surface area contributed by atoms with Gasteiger partial charge in [-0.05, 0) is 29.7 Å². The molecular formula is C20H25N3O. The molecule has 2 N–H and O–H groups in total. The summed E-state index contributed by atoms with van der Waals surface area (Å²) in [5.74, 6) is 0.176. The van der Waals surface area contributed by atoms with E-state index in [9.17, 15) is 4.79 Å². The molecule has 1 heterocycles. The lowest BCUT2D eigenvalue weighted by atomic mass is 10.0. The molecule has 1 amide bonds. The average Bonchev–Trinajstić information content (AvgIpc) is 2.64. The zero-order valence-electron chi connectivity index (χ0n) is 14.0. The van der Waals surface area contributed by atoms with Crippen molar-refractivity contribution in [2.75, 3.05) is 37.6 Å².